The maximum atomic E-state index is 6.43. The minimum absolute atomic E-state index is 0.00972. The van der Waals surface area contributed by atoms with Gasteiger partial charge in [0.2, 0.25) is 0 Å². The molecule has 11 rings (SSSR count). The molecule has 0 spiro atoms. The molecule has 0 fully saturated rings. The van der Waals surface area contributed by atoms with Gasteiger partial charge in [0.1, 0.15) is 11.2 Å². The number of fused-ring (bicyclic) bond motifs is 4. The smallest absolute Gasteiger partial charge is 0.143 e. The first-order valence-corrected chi connectivity index (χ1v) is 20.7. The highest BCUT2D eigenvalue weighted by Crippen LogP contribution is 2.42. The molecule has 1 nitrogen and oxygen atoms in total. The molecule has 10 aromatic carbocycles. The molecule has 0 aliphatic heterocycles. The van der Waals surface area contributed by atoms with Gasteiger partial charge >= 0.3 is 0 Å². The second kappa shape index (κ2) is 15.2. The third-order valence-electron chi connectivity index (χ3n) is 12.1. The van der Waals surface area contributed by atoms with Gasteiger partial charge in [-0.05, 0) is 95.7 Å². The molecule has 0 aliphatic rings. The van der Waals surface area contributed by atoms with Gasteiger partial charge in [0.25, 0.3) is 0 Å². The van der Waals surface area contributed by atoms with Crippen LogP contribution in [0, 0.1) is 0 Å². The summed E-state index contributed by atoms with van der Waals surface area (Å²) < 4.78 is 6.43. The molecule has 0 radical (unpaired) electrons. The Balaban J connectivity index is 0.995. The molecule has 1 aromatic heterocycles. The molecule has 60 heavy (non-hydrogen) atoms. The van der Waals surface area contributed by atoms with E-state index in [-0.39, 0.29) is 5.92 Å². The van der Waals surface area contributed by atoms with Crippen molar-refractivity contribution in [3.05, 3.63) is 253 Å². The lowest BCUT2D eigenvalue weighted by molar-refractivity contribution is 0.670. The molecule has 282 valence electrons. The van der Waals surface area contributed by atoms with Gasteiger partial charge in [-0.15, -0.1) is 0 Å². The third-order valence-corrected chi connectivity index (χ3v) is 12.1. The van der Waals surface area contributed by atoms with Gasteiger partial charge in [0.15, 0.2) is 0 Å². The van der Waals surface area contributed by atoms with Crippen LogP contribution in [0.25, 0.3) is 88.3 Å². The average Bonchev–Trinajstić information content (AvgIpc) is 3.72. The van der Waals surface area contributed by atoms with Crippen LogP contribution in [0.2, 0.25) is 0 Å². The Morgan fingerprint density at radius 2 is 0.733 bits per heavy atom. The Morgan fingerprint density at radius 3 is 1.38 bits per heavy atom. The maximum absolute atomic E-state index is 6.43. The average molecular weight is 765 g/mol. The van der Waals surface area contributed by atoms with Crippen molar-refractivity contribution in [3.63, 3.8) is 0 Å². The van der Waals surface area contributed by atoms with Gasteiger partial charge in [0.05, 0.1) is 0 Å². The number of para-hydroxylation sites is 2. The topological polar surface area (TPSA) is 13.1 Å². The monoisotopic (exact) mass is 764 g/mol. The summed E-state index contributed by atoms with van der Waals surface area (Å²) in [5, 5.41) is 4.81. The fourth-order valence-electron chi connectivity index (χ4n) is 9.08. The van der Waals surface area contributed by atoms with Crippen molar-refractivity contribution in [2.75, 3.05) is 0 Å². The second-order valence-electron chi connectivity index (χ2n) is 15.6. The number of rotatable bonds is 8. The molecule has 0 amide bonds. The van der Waals surface area contributed by atoms with Crippen LogP contribution in [0.15, 0.2) is 241 Å². The molecule has 0 N–H and O–H groups in total. The van der Waals surface area contributed by atoms with Gasteiger partial charge < -0.3 is 4.42 Å². The highest BCUT2D eigenvalue weighted by Gasteiger charge is 2.21. The lowest BCUT2D eigenvalue weighted by Gasteiger charge is -2.23. The lowest BCUT2D eigenvalue weighted by atomic mass is 9.80. The summed E-state index contributed by atoms with van der Waals surface area (Å²) in [4.78, 5) is 0. The molecule has 1 heteroatoms. The van der Waals surface area contributed by atoms with E-state index in [1.165, 1.54) is 72.0 Å². The van der Waals surface area contributed by atoms with E-state index in [0.717, 1.165) is 33.1 Å². The highest BCUT2D eigenvalue weighted by atomic mass is 16.3. The SMILES string of the molecule is c1ccc(-c2cccc(-c3ccc(C(c4ccc(-c5cccc(-c6cccc7c6oc6ccccc67)c5)cc4)c4ccc(-c5ccccc5)c5ccccc45)cc3)c2)cc1. The van der Waals surface area contributed by atoms with Crippen LogP contribution in [0.1, 0.15) is 22.6 Å². The van der Waals surface area contributed by atoms with Gasteiger partial charge in [0, 0.05) is 22.3 Å². The zero-order valence-corrected chi connectivity index (χ0v) is 33.0. The lowest BCUT2D eigenvalue weighted by Crippen LogP contribution is -2.05. The van der Waals surface area contributed by atoms with E-state index >= 15 is 0 Å². The van der Waals surface area contributed by atoms with E-state index in [1.807, 2.05) is 12.1 Å². The first-order chi connectivity index (χ1) is 29.7. The Labute approximate surface area is 350 Å². The Kier molecular flexibility index (Phi) is 8.98. The Hall–Kier alpha value is -7.74. The first-order valence-electron chi connectivity index (χ1n) is 20.7. The zero-order valence-electron chi connectivity index (χ0n) is 33.0. The normalized spacial score (nSPS) is 11.9. The third kappa shape index (κ3) is 6.47. The summed E-state index contributed by atoms with van der Waals surface area (Å²) in [6, 6.07) is 85.7. The van der Waals surface area contributed by atoms with Gasteiger partial charge in [-0.25, -0.2) is 0 Å². The van der Waals surface area contributed by atoms with Crippen molar-refractivity contribution in [1.82, 2.24) is 0 Å². The fraction of sp³-hybridized carbons (Fsp3) is 0.0169. The van der Waals surface area contributed by atoms with Crippen LogP contribution in [-0.4, -0.2) is 0 Å². The van der Waals surface area contributed by atoms with Crippen LogP contribution in [0.3, 0.4) is 0 Å². The molecular weight excluding hydrogens is 725 g/mol. The maximum Gasteiger partial charge on any atom is 0.143 e. The Bertz CT molecular complexity index is 3280. The minimum atomic E-state index is 0.00972. The molecule has 0 bridgehead atoms. The Morgan fingerprint density at radius 1 is 0.267 bits per heavy atom. The molecule has 1 heterocycles. The van der Waals surface area contributed by atoms with Crippen molar-refractivity contribution in [2.45, 2.75) is 5.92 Å². The van der Waals surface area contributed by atoms with Crippen LogP contribution in [0.4, 0.5) is 0 Å². The van der Waals surface area contributed by atoms with E-state index in [4.69, 9.17) is 4.42 Å². The van der Waals surface area contributed by atoms with Gasteiger partial charge in [-0.2, -0.15) is 0 Å². The molecule has 0 saturated heterocycles. The predicted octanol–water partition coefficient (Wildman–Crippen LogP) is 16.3. The first kappa shape index (κ1) is 35.4. The molecule has 1 unspecified atom stereocenters. The number of benzene rings is 10. The molecule has 0 saturated carbocycles. The van der Waals surface area contributed by atoms with E-state index in [0.29, 0.717) is 0 Å². The summed E-state index contributed by atoms with van der Waals surface area (Å²) in [7, 11) is 0. The number of furan rings is 1. The van der Waals surface area contributed by atoms with Gasteiger partial charge in [-0.1, -0.05) is 218 Å². The molecule has 11 aromatic rings. The van der Waals surface area contributed by atoms with Crippen LogP contribution >= 0.6 is 0 Å². The van der Waals surface area contributed by atoms with E-state index in [1.54, 1.807) is 0 Å². The van der Waals surface area contributed by atoms with Crippen molar-refractivity contribution < 1.29 is 4.42 Å². The number of hydrogen-bond acceptors (Lipinski definition) is 1. The van der Waals surface area contributed by atoms with Gasteiger partial charge in [-0.3, -0.25) is 0 Å². The summed E-state index contributed by atoms with van der Waals surface area (Å²) in [6.07, 6.45) is 0. The largest absolute Gasteiger partial charge is 0.455 e. The number of hydrogen-bond donors (Lipinski definition) is 0. The molecule has 1 atom stereocenters. The second-order valence-corrected chi connectivity index (χ2v) is 15.6. The summed E-state index contributed by atoms with van der Waals surface area (Å²) in [6.45, 7) is 0. The van der Waals surface area contributed by atoms with Crippen molar-refractivity contribution >= 4 is 32.7 Å². The van der Waals surface area contributed by atoms with Crippen LogP contribution < -0.4 is 0 Å². The van der Waals surface area contributed by atoms with E-state index in [2.05, 4.69) is 224 Å². The molecule has 0 aliphatic carbocycles. The van der Waals surface area contributed by atoms with Crippen LogP contribution in [0.5, 0.6) is 0 Å². The minimum Gasteiger partial charge on any atom is -0.455 e. The van der Waals surface area contributed by atoms with Crippen molar-refractivity contribution in [3.8, 4) is 55.6 Å². The fourth-order valence-corrected chi connectivity index (χ4v) is 9.08. The summed E-state index contributed by atoms with van der Waals surface area (Å²) in [5.41, 5.74) is 17.5. The summed E-state index contributed by atoms with van der Waals surface area (Å²) in [5.74, 6) is 0.00972. The van der Waals surface area contributed by atoms with Crippen LogP contribution in [-0.2, 0) is 0 Å². The highest BCUT2D eigenvalue weighted by molar-refractivity contribution is 6.09. The van der Waals surface area contributed by atoms with Crippen molar-refractivity contribution in [2.24, 2.45) is 0 Å². The summed E-state index contributed by atoms with van der Waals surface area (Å²) >= 11 is 0. The van der Waals surface area contributed by atoms with E-state index < -0.39 is 0 Å². The predicted molar refractivity (Wildman–Crippen MR) is 252 cm³/mol. The van der Waals surface area contributed by atoms with Crippen molar-refractivity contribution in [1.29, 1.82) is 0 Å². The molecular formula is C59H40O. The van der Waals surface area contributed by atoms with E-state index in [9.17, 15) is 0 Å². The zero-order chi connectivity index (χ0) is 39.8. The quantitative estimate of drug-likeness (QED) is 0.140. The standard InChI is InChI=1S/C59H40O/c1-3-14-40(15-4-1)46-18-11-19-47(38-46)41-28-32-44(33-29-41)58(55-37-36-50(43-16-5-2-6-17-43)52-22-7-8-23-53(52)55)45-34-30-42(31-35-45)48-20-12-21-49(39-48)51-25-13-26-56-54-24-9-10-27-57(54)60-59(51)56/h1-39,58H.